The van der Waals surface area contributed by atoms with Crippen molar-refractivity contribution in [1.82, 2.24) is 4.57 Å². The summed E-state index contributed by atoms with van der Waals surface area (Å²) in [5.41, 5.74) is 27.2. The van der Waals surface area contributed by atoms with Gasteiger partial charge in [0.15, 0.2) is 0 Å². The van der Waals surface area contributed by atoms with E-state index >= 15 is 0 Å². The van der Waals surface area contributed by atoms with E-state index in [0.717, 1.165) is 123 Å². The summed E-state index contributed by atoms with van der Waals surface area (Å²) in [5.74, 6) is 1.50. The third kappa shape index (κ3) is 11.9. The van der Waals surface area contributed by atoms with Gasteiger partial charge in [0.1, 0.15) is 11.5 Å². The van der Waals surface area contributed by atoms with Crippen molar-refractivity contribution < 1.29 is 4.74 Å². The highest BCUT2D eigenvalue weighted by Crippen LogP contribution is 2.51. The molecule has 15 rings (SSSR count). The fourth-order valence-electron chi connectivity index (χ4n) is 15.1. The number of aromatic nitrogens is 1. The Hall–Kier alpha value is -11.1. The molecular formula is C94H86BN5O. The van der Waals surface area contributed by atoms with E-state index < -0.39 is 0 Å². The Labute approximate surface area is 597 Å². The smallest absolute Gasteiger partial charge is 0.256 e. The molecule has 0 N–H and O–H groups in total. The molecule has 13 aromatic rings. The molecule has 0 saturated heterocycles. The number of ether oxygens (including phenoxy) is 1. The van der Waals surface area contributed by atoms with E-state index in [-0.39, 0.29) is 33.8 Å². The number of para-hydroxylation sites is 2. The van der Waals surface area contributed by atoms with Crippen LogP contribution in [0.15, 0.2) is 249 Å². The van der Waals surface area contributed by atoms with E-state index in [4.69, 9.17) is 4.74 Å². The van der Waals surface area contributed by atoms with Crippen LogP contribution in [-0.4, -0.2) is 11.3 Å². The maximum Gasteiger partial charge on any atom is 0.256 e. The molecule has 0 bridgehead atoms. The molecule has 0 fully saturated rings. The summed E-state index contributed by atoms with van der Waals surface area (Å²) in [6, 6.07) is 95.7. The van der Waals surface area contributed by atoms with Gasteiger partial charge in [-0.1, -0.05) is 231 Å². The van der Waals surface area contributed by atoms with Crippen molar-refractivity contribution >= 4 is 79.0 Å². The number of nitriles is 2. The van der Waals surface area contributed by atoms with E-state index in [0.29, 0.717) is 11.1 Å². The molecule has 1 aromatic heterocycles. The molecule has 0 unspecified atom stereocenters. The third-order valence-corrected chi connectivity index (χ3v) is 20.9. The van der Waals surface area contributed by atoms with Gasteiger partial charge in [0.25, 0.3) is 6.71 Å². The van der Waals surface area contributed by atoms with Crippen molar-refractivity contribution in [1.29, 1.82) is 10.5 Å². The average Bonchev–Trinajstić information content (AvgIpc) is 1.18. The zero-order valence-electron chi connectivity index (χ0n) is 60.9. The lowest BCUT2D eigenvalue weighted by molar-refractivity contribution is 0.488. The number of fused-ring (bicyclic) bond motifs is 7. The molecular weight excluding hydrogens is 1230 g/mol. The van der Waals surface area contributed by atoms with Crippen LogP contribution in [0.4, 0.5) is 34.1 Å². The molecule has 7 heteroatoms. The molecule has 2 aliphatic rings. The van der Waals surface area contributed by atoms with Crippen molar-refractivity contribution in [3.8, 4) is 73.8 Å². The fourth-order valence-corrected chi connectivity index (χ4v) is 15.1. The van der Waals surface area contributed by atoms with Gasteiger partial charge in [-0.05, 0) is 220 Å². The molecule has 2 aliphatic heterocycles. The van der Waals surface area contributed by atoms with Crippen LogP contribution in [0.5, 0.6) is 11.5 Å². The van der Waals surface area contributed by atoms with E-state index in [1.54, 1.807) is 0 Å². The summed E-state index contributed by atoms with van der Waals surface area (Å²) < 4.78 is 10.1. The van der Waals surface area contributed by atoms with Crippen LogP contribution in [0.1, 0.15) is 143 Å². The predicted molar refractivity (Wildman–Crippen MR) is 426 cm³/mol. The van der Waals surface area contributed by atoms with E-state index in [9.17, 15) is 10.5 Å². The van der Waals surface area contributed by atoms with Crippen molar-refractivity contribution in [3.63, 3.8) is 0 Å². The third-order valence-electron chi connectivity index (χ3n) is 20.9. The first-order chi connectivity index (χ1) is 48.1. The molecule has 6 nitrogen and oxygen atoms in total. The largest absolute Gasteiger partial charge is 0.458 e. The Kier molecular flexibility index (Phi) is 15.9. The van der Waals surface area contributed by atoms with Crippen LogP contribution in [-0.2, 0) is 27.1 Å². The standard InChI is InChI=1S/C94H86BN5O/c1-90(2,3)66-35-42-82(76(53-66)60-25-19-16-20-26-60)100-85-48-61(75-45-59(57-96)31-41-81(75)98(71-27-21-17-22-28-71)72-29-23-18-24-30-72)33-39-79(85)95-80-40-34-62(50-87(80)101-88-51-65(49-86(100)89(88)95)64-46-69(93(10,11)12)52-70(47-64)94(13,14)15)74-56-73(38-32-63(74)58-97)99-83-43-36-67(91(4,5)6)54-77(83)78-55-68(92(7,8)9)37-44-84(78)99/h16-56H,1-15H3. The van der Waals surface area contributed by atoms with Crippen LogP contribution >= 0.6 is 0 Å². The number of rotatable bonds is 9. The minimum atomic E-state index is -0.308. The maximum atomic E-state index is 11.2. The van der Waals surface area contributed by atoms with Gasteiger partial charge in [-0.25, -0.2) is 0 Å². The molecule has 0 aliphatic carbocycles. The maximum absolute atomic E-state index is 11.2. The van der Waals surface area contributed by atoms with Gasteiger partial charge in [-0.2, -0.15) is 10.5 Å². The van der Waals surface area contributed by atoms with Gasteiger partial charge in [0.2, 0.25) is 0 Å². The highest BCUT2D eigenvalue weighted by Gasteiger charge is 2.44. The highest BCUT2D eigenvalue weighted by atomic mass is 16.5. The van der Waals surface area contributed by atoms with Crippen LogP contribution in [0.25, 0.3) is 72.0 Å². The summed E-state index contributed by atoms with van der Waals surface area (Å²) in [6.45, 7) is 34.0. The molecule has 0 radical (unpaired) electrons. The molecule has 496 valence electrons. The van der Waals surface area contributed by atoms with Gasteiger partial charge in [0, 0.05) is 55.9 Å². The normalized spacial score (nSPS) is 12.9. The summed E-state index contributed by atoms with van der Waals surface area (Å²) in [6.07, 6.45) is 0. The second kappa shape index (κ2) is 24.4. The number of nitrogens with zero attached hydrogens (tertiary/aromatic N) is 5. The molecule has 0 saturated carbocycles. The van der Waals surface area contributed by atoms with E-state index in [2.05, 4.69) is 367 Å². The lowest BCUT2D eigenvalue weighted by Crippen LogP contribution is -2.59. The van der Waals surface area contributed by atoms with Crippen LogP contribution in [0, 0.1) is 22.7 Å². The Morgan fingerprint density at radius 2 is 0.871 bits per heavy atom. The summed E-state index contributed by atoms with van der Waals surface area (Å²) >= 11 is 0. The van der Waals surface area contributed by atoms with Gasteiger partial charge < -0.3 is 19.1 Å². The minimum absolute atomic E-state index is 0.0489. The molecule has 3 heterocycles. The molecule has 0 amide bonds. The van der Waals surface area contributed by atoms with Crippen LogP contribution < -0.4 is 30.9 Å². The van der Waals surface area contributed by atoms with Crippen molar-refractivity contribution in [2.24, 2.45) is 0 Å². The fraction of sp³-hybridized carbons (Fsp3) is 0.213. The van der Waals surface area contributed by atoms with Crippen LogP contribution in [0.2, 0.25) is 0 Å². The number of anilines is 6. The number of benzene rings is 12. The van der Waals surface area contributed by atoms with Gasteiger partial charge >= 0.3 is 0 Å². The van der Waals surface area contributed by atoms with Crippen molar-refractivity contribution in [3.05, 3.63) is 288 Å². The Morgan fingerprint density at radius 1 is 0.356 bits per heavy atom. The summed E-state index contributed by atoms with van der Waals surface area (Å²) in [7, 11) is 0. The Balaban J connectivity index is 1.00. The van der Waals surface area contributed by atoms with Crippen molar-refractivity contribution in [2.75, 3.05) is 9.80 Å². The monoisotopic (exact) mass is 1310 g/mol. The minimum Gasteiger partial charge on any atom is -0.458 e. The Morgan fingerprint density at radius 3 is 1.44 bits per heavy atom. The van der Waals surface area contributed by atoms with E-state index in [1.807, 2.05) is 12.1 Å². The average molecular weight is 1310 g/mol. The zero-order valence-corrected chi connectivity index (χ0v) is 60.9. The lowest BCUT2D eigenvalue weighted by atomic mass is 9.34. The second-order valence-electron chi connectivity index (χ2n) is 32.9. The predicted octanol–water partition coefficient (Wildman–Crippen LogP) is 23.6. The zero-order chi connectivity index (χ0) is 70.8. The number of hydrogen-bond acceptors (Lipinski definition) is 5. The molecule has 101 heavy (non-hydrogen) atoms. The first-order valence-electron chi connectivity index (χ1n) is 35.5. The topological polar surface area (TPSA) is 68.2 Å². The quantitative estimate of drug-likeness (QED) is 0.135. The summed E-state index contributed by atoms with van der Waals surface area (Å²) in [5, 5.41) is 24.4. The van der Waals surface area contributed by atoms with Gasteiger partial charge in [0.05, 0.1) is 45.7 Å². The molecule has 0 atom stereocenters. The number of hydrogen-bond donors (Lipinski definition) is 0. The lowest BCUT2D eigenvalue weighted by Gasteiger charge is -2.41. The molecule has 12 aromatic carbocycles. The van der Waals surface area contributed by atoms with Crippen molar-refractivity contribution in [2.45, 2.75) is 131 Å². The van der Waals surface area contributed by atoms with Gasteiger partial charge in [-0.15, -0.1) is 0 Å². The second-order valence-corrected chi connectivity index (χ2v) is 32.9. The van der Waals surface area contributed by atoms with Gasteiger partial charge in [-0.3, -0.25) is 0 Å². The summed E-state index contributed by atoms with van der Waals surface area (Å²) in [4.78, 5) is 4.81. The Bertz CT molecular complexity index is 5410. The first kappa shape index (κ1) is 65.8. The first-order valence-corrected chi connectivity index (χ1v) is 35.5. The van der Waals surface area contributed by atoms with Crippen LogP contribution in [0.3, 0.4) is 0 Å². The molecule has 0 spiro atoms. The highest BCUT2D eigenvalue weighted by molar-refractivity contribution is 6.99. The SMILES string of the molecule is CC(C)(C)c1cc(-c2cc3c4c(c2)N(c2ccc(C(C)(C)C)cc2-c2ccccc2)c2cc(-c5cc(C#N)ccc5N(c5ccccc5)c5ccccc5)ccc2B4c2ccc(-c4cc(-n5c6ccc(C(C)(C)C)cc6c6cc(C(C)(C)C)ccc65)ccc4C#N)cc2O3)cc(C(C)(C)C)c1. The van der Waals surface area contributed by atoms with E-state index in [1.165, 1.54) is 38.6 Å².